The van der Waals surface area contributed by atoms with Crippen LogP contribution < -0.4 is 10.5 Å². The molecule has 0 saturated heterocycles. The van der Waals surface area contributed by atoms with Gasteiger partial charge in [-0.3, -0.25) is 0 Å². The molecule has 0 radical (unpaired) electrons. The van der Waals surface area contributed by atoms with Crippen molar-refractivity contribution in [3.8, 4) is 5.75 Å². The minimum absolute atomic E-state index is 0.104. The van der Waals surface area contributed by atoms with Crippen molar-refractivity contribution >= 4 is 0 Å². The van der Waals surface area contributed by atoms with E-state index in [0.717, 1.165) is 25.0 Å². The van der Waals surface area contributed by atoms with Crippen molar-refractivity contribution in [3.05, 3.63) is 29.8 Å². The van der Waals surface area contributed by atoms with E-state index in [1.807, 2.05) is 25.1 Å². The Balaban J connectivity index is 2.87. The average molecular weight is 221 g/mol. The summed E-state index contributed by atoms with van der Waals surface area (Å²) in [5.74, 6) is 0.974. The number of rotatable bonds is 6. The maximum Gasteiger partial charge on any atom is 0.122 e. The van der Waals surface area contributed by atoms with Crippen LogP contribution in [0.4, 0.5) is 0 Å². The third kappa shape index (κ3) is 3.24. The summed E-state index contributed by atoms with van der Waals surface area (Å²) in [6.45, 7) is 7.00. The van der Waals surface area contributed by atoms with E-state index in [4.69, 9.17) is 10.5 Å². The molecular weight excluding hydrogens is 198 g/mol. The monoisotopic (exact) mass is 221 g/mol. The van der Waals surface area contributed by atoms with E-state index in [9.17, 15) is 0 Å². The van der Waals surface area contributed by atoms with E-state index >= 15 is 0 Å². The minimum atomic E-state index is -0.104. The first-order valence-corrected chi connectivity index (χ1v) is 6.14. The second-order valence-corrected chi connectivity index (χ2v) is 4.29. The first kappa shape index (κ1) is 13.0. The summed E-state index contributed by atoms with van der Waals surface area (Å²) in [5.41, 5.74) is 7.45. The fraction of sp³-hybridized carbons (Fsp3) is 0.571. The Hall–Kier alpha value is -1.02. The van der Waals surface area contributed by atoms with Crippen LogP contribution in [-0.2, 0) is 6.42 Å². The van der Waals surface area contributed by atoms with Gasteiger partial charge in [-0.05, 0) is 37.8 Å². The molecule has 2 heteroatoms. The zero-order valence-electron chi connectivity index (χ0n) is 10.6. The highest BCUT2D eigenvalue weighted by atomic mass is 16.5. The van der Waals surface area contributed by atoms with Crippen LogP contribution in [0.2, 0.25) is 0 Å². The van der Waals surface area contributed by atoms with Crippen molar-refractivity contribution < 1.29 is 4.74 Å². The van der Waals surface area contributed by atoms with Gasteiger partial charge >= 0.3 is 0 Å². The largest absolute Gasteiger partial charge is 0.494 e. The first-order valence-electron chi connectivity index (χ1n) is 6.14. The van der Waals surface area contributed by atoms with Crippen LogP contribution in [0.25, 0.3) is 0 Å². The molecule has 1 rings (SSSR count). The maximum atomic E-state index is 6.34. The quantitative estimate of drug-likeness (QED) is 0.801. The van der Waals surface area contributed by atoms with Crippen LogP contribution in [0.5, 0.6) is 5.75 Å². The topological polar surface area (TPSA) is 35.2 Å². The minimum Gasteiger partial charge on any atom is -0.494 e. The van der Waals surface area contributed by atoms with Gasteiger partial charge < -0.3 is 10.5 Å². The first-order chi connectivity index (χ1) is 7.65. The lowest BCUT2D eigenvalue weighted by Crippen LogP contribution is -2.40. The van der Waals surface area contributed by atoms with Crippen LogP contribution in [0.15, 0.2) is 24.3 Å². The van der Waals surface area contributed by atoms with Gasteiger partial charge in [0.15, 0.2) is 0 Å². The molecule has 0 atom stereocenters. The zero-order valence-corrected chi connectivity index (χ0v) is 10.6. The van der Waals surface area contributed by atoms with E-state index in [1.54, 1.807) is 0 Å². The van der Waals surface area contributed by atoms with Crippen molar-refractivity contribution in [3.63, 3.8) is 0 Å². The van der Waals surface area contributed by atoms with Crippen LogP contribution >= 0.6 is 0 Å². The maximum absolute atomic E-state index is 6.34. The number of para-hydroxylation sites is 1. The van der Waals surface area contributed by atoms with Crippen LogP contribution in [-0.4, -0.2) is 12.1 Å². The van der Waals surface area contributed by atoms with Crippen molar-refractivity contribution in [2.24, 2.45) is 5.73 Å². The Bertz CT molecular complexity index is 318. The summed E-state index contributed by atoms with van der Waals surface area (Å²) >= 11 is 0. The highest BCUT2D eigenvalue weighted by Gasteiger charge is 2.22. The molecule has 0 fully saturated rings. The molecule has 0 aliphatic heterocycles. The second kappa shape index (κ2) is 5.90. The van der Waals surface area contributed by atoms with Crippen molar-refractivity contribution in [1.29, 1.82) is 0 Å². The van der Waals surface area contributed by atoms with Gasteiger partial charge in [-0.25, -0.2) is 0 Å². The lowest BCUT2D eigenvalue weighted by atomic mass is 9.86. The molecule has 0 saturated carbocycles. The average Bonchev–Trinajstić information content (AvgIpc) is 2.32. The summed E-state index contributed by atoms with van der Waals surface area (Å²) < 4.78 is 5.62. The molecule has 0 amide bonds. The molecule has 0 aliphatic carbocycles. The molecule has 1 aromatic carbocycles. The van der Waals surface area contributed by atoms with E-state index in [0.29, 0.717) is 6.61 Å². The molecule has 16 heavy (non-hydrogen) atoms. The van der Waals surface area contributed by atoms with E-state index < -0.39 is 0 Å². The van der Waals surface area contributed by atoms with Crippen molar-refractivity contribution in [2.75, 3.05) is 6.61 Å². The van der Waals surface area contributed by atoms with Gasteiger partial charge in [-0.2, -0.15) is 0 Å². The summed E-state index contributed by atoms with van der Waals surface area (Å²) in [7, 11) is 0. The number of hydrogen-bond acceptors (Lipinski definition) is 2. The van der Waals surface area contributed by atoms with Gasteiger partial charge in [0.1, 0.15) is 5.75 Å². The molecule has 0 bridgehead atoms. The molecule has 0 aliphatic rings. The van der Waals surface area contributed by atoms with Gasteiger partial charge in [0.25, 0.3) is 0 Å². The fourth-order valence-corrected chi connectivity index (χ4v) is 1.83. The van der Waals surface area contributed by atoms with Crippen LogP contribution in [0, 0.1) is 0 Å². The molecule has 0 spiro atoms. The number of hydrogen-bond donors (Lipinski definition) is 1. The number of ether oxygens (including phenoxy) is 1. The number of nitrogens with two attached hydrogens (primary N) is 1. The van der Waals surface area contributed by atoms with Gasteiger partial charge in [-0.1, -0.05) is 32.0 Å². The molecular formula is C14H23NO. The third-order valence-electron chi connectivity index (χ3n) is 3.22. The highest BCUT2D eigenvalue weighted by Crippen LogP contribution is 2.25. The zero-order chi connectivity index (χ0) is 12.0. The molecule has 90 valence electrons. The standard InChI is InChI=1S/C14H23NO/c1-4-14(15,5-2)11-12-9-7-8-10-13(12)16-6-3/h7-10H,4-6,11,15H2,1-3H3. The molecule has 0 aromatic heterocycles. The van der Waals surface area contributed by atoms with E-state index in [1.165, 1.54) is 5.56 Å². The molecule has 2 nitrogen and oxygen atoms in total. The Kier molecular flexibility index (Phi) is 4.81. The summed E-state index contributed by atoms with van der Waals surface area (Å²) in [6.07, 6.45) is 2.87. The van der Waals surface area contributed by atoms with Gasteiger partial charge in [0.05, 0.1) is 6.61 Å². The Morgan fingerprint density at radius 2 is 1.75 bits per heavy atom. The molecule has 0 unspecified atom stereocenters. The second-order valence-electron chi connectivity index (χ2n) is 4.29. The third-order valence-corrected chi connectivity index (χ3v) is 3.22. The molecule has 0 heterocycles. The number of benzene rings is 1. The summed E-state index contributed by atoms with van der Waals surface area (Å²) in [4.78, 5) is 0. The summed E-state index contributed by atoms with van der Waals surface area (Å²) in [6, 6.07) is 8.18. The van der Waals surface area contributed by atoms with Crippen molar-refractivity contribution in [2.45, 2.75) is 45.6 Å². The smallest absolute Gasteiger partial charge is 0.122 e. The normalized spacial score (nSPS) is 11.5. The van der Waals surface area contributed by atoms with Gasteiger partial charge in [0.2, 0.25) is 0 Å². The summed E-state index contributed by atoms with van der Waals surface area (Å²) in [5, 5.41) is 0. The predicted molar refractivity (Wildman–Crippen MR) is 68.8 cm³/mol. The lowest BCUT2D eigenvalue weighted by molar-refractivity contribution is 0.327. The Morgan fingerprint density at radius 1 is 1.12 bits per heavy atom. The highest BCUT2D eigenvalue weighted by molar-refractivity contribution is 5.34. The van der Waals surface area contributed by atoms with E-state index in [-0.39, 0.29) is 5.54 Å². The van der Waals surface area contributed by atoms with Crippen molar-refractivity contribution in [1.82, 2.24) is 0 Å². The van der Waals surface area contributed by atoms with Gasteiger partial charge in [-0.15, -0.1) is 0 Å². The van der Waals surface area contributed by atoms with Gasteiger partial charge in [0, 0.05) is 5.54 Å². The van der Waals surface area contributed by atoms with Crippen LogP contribution in [0.3, 0.4) is 0 Å². The molecule has 1 aromatic rings. The van der Waals surface area contributed by atoms with E-state index in [2.05, 4.69) is 19.9 Å². The SMILES string of the molecule is CCOc1ccccc1CC(N)(CC)CC. The predicted octanol–water partition coefficient (Wildman–Crippen LogP) is 3.15. The Labute approximate surface area is 98.8 Å². The fourth-order valence-electron chi connectivity index (χ4n) is 1.83. The lowest BCUT2D eigenvalue weighted by Gasteiger charge is -2.27. The molecule has 2 N–H and O–H groups in total. The Morgan fingerprint density at radius 3 is 2.31 bits per heavy atom. The van der Waals surface area contributed by atoms with Crippen LogP contribution in [0.1, 0.15) is 39.2 Å².